The molecular weight excluding hydrogens is 168 g/mol. The average molecular weight is 180 g/mol. The van der Waals surface area contributed by atoms with Gasteiger partial charge in [0.15, 0.2) is 0 Å². The van der Waals surface area contributed by atoms with E-state index in [2.05, 4.69) is 13.2 Å². The summed E-state index contributed by atoms with van der Waals surface area (Å²) < 4.78 is 4.86. The molecule has 3 heteroatoms. The van der Waals surface area contributed by atoms with Crippen LogP contribution >= 0.6 is 0 Å². The third-order valence-corrected chi connectivity index (χ3v) is 1.34. The van der Waals surface area contributed by atoms with E-state index < -0.39 is 5.97 Å². The van der Waals surface area contributed by atoms with Gasteiger partial charge < -0.3 is 9.84 Å². The van der Waals surface area contributed by atoms with E-state index in [0.29, 0.717) is 5.75 Å². The predicted molar refractivity (Wildman–Crippen MR) is 51.2 cm³/mol. The molecule has 3 nitrogen and oxygen atoms in total. The van der Waals surface area contributed by atoms with E-state index in [4.69, 9.17) is 9.84 Å². The Labute approximate surface area is 77.3 Å². The van der Waals surface area contributed by atoms with E-state index in [9.17, 15) is 4.79 Å². The highest BCUT2D eigenvalue weighted by Crippen LogP contribution is 2.10. The van der Waals surface area contributed by atoms with Crippen molar-refractivity contribution in [2.45, 2.75) is 0 Å². The normalized spacial score (nSPS) is 8.08. The first-order valence-electron chi connectivity index (χ1n) is 3.61. The molecule has 1 rings (SSSR count). The smallest absolute Gasteiger partial charge is 0.335 e. The molecule has 70 valence electrons. The molecule has 0 atom stereocenters. The fraction of sp³-hybridized carbons (Fsp3) is 0.100. The van der Waals surface area contributed by atoms with Crippen LogP contribution < -0.4 is 4.74 Å². The van der Waals surface area contributed by atoms with Crippen LogP contribution in [0.2, 0.25) is 0 Å². The van der Waals surface area contributed by atoms with Crippen molar-refractivity contribution in [2.24, 2.45) is 0 Å². The molecule has 0 spiro atoms. The minimum Gasteiger partial charge on any atom is -0.497 e. The van der Waals surface area contributed by atoms with Crippen LogP contribution in [0.1, 0.15) is 10.4 Å². The lowest BCUT2D eigenvalue weighted by Crippen LogP contribution is -1.95. The molecule has 0 unspecified atom stereocenters. The van der Waals surface area contributed by atoms with Gasteiger partial charge >= 0.3 is 5.97 Å². The SMILES string of the molecule is C=C.COc1ccc(C(=O)O)cc1. The Balaban J connectivity index is 0.000000671. The summed E-state index contributed by atoms with van der Waals surface area (Å²) in [7, 11) is 1.54. The zero-order chi connectivity index (χ0) is 10.3. The molecule has 0 amide bonds. The first kappa shape index (κ1) is 11.2. The molecule has 0 aromatic heterocycles. The van der Waals surface area contributed by atoms with Crippen molar-refractivity contribution in [3.8, 4) is 5.75 Å². The van der Waals surface area contributed by atoms with Gasteiger partial charge in [0, 0.05) is 0 Å². The van der Waals surface area contributed by atoms with Crippen LogP contribution in [0.3, 0.4) is 0 Å². The van der Waals surface area contributed by atoms with E-state index in [1.54, 1.807) is 12.1 Å². The third kappa shape index (κ3) is 3.42. The number of carboxylic acids is 1. The summed E-state index contributed by atoms with van der Waals surface area (Å²) in [6, 6.07) is 6.23. The molecule has 0 aliphatic carbocycles. The van der Waals surface area contributed by atoms with Crippen LogP contribution in [0, 0.1) is 0 Å². The number of methoxy groups -OCH3 is 1. The number of carbonyl (C=O) groups is 1. The predicted octanol–water partition coefficient (Wildman–Crippen LogP) is 2.20. The summed E-state index contributed by atoms with van der Waals surface area (Å²) in [5, 5.41) is 8.51. The first-order valence-corrected chi connectivity index (χ1v) is 3.61. The Kier molecular flexibility index (Phi) is 5.03. The lowest BCUT2D eigenvalue weighted by atomic mass is 10.2. The monoisotopic (exact) mass is 180 g/mol. The Hall–Kier alpha value is -1.77. The lowest BCUT2D eigenvalue weighted by molar-refractivity contribution is 0.0697. The van der Waals surface area contributed by atoms with Crippen LogP contribution in [-0.4, -0.2) is 18.2 Å². The first-order chi connectivity index (χ1) is 6.24. The van der Waals surface area contributed by atoms with E-state index in [-0.39, 0.29) is 5.56 Å². The minimum absolute atomic E-state index is 0.269. The summed E-state index contributed by atoms with van der Waals surface area (Å²) in [5.41, 5.74) is 0.269. The van der Waals surface area contributed by atoms with Crippen LogP contribution in [0.4, 0.5) is 0 Å². The summed E-state index contributed by atoms with van der Waals surface area (Å²) in [6.07, 6.45) is 0. The van der Waals surface area contributed by atoms with Gasteiger partial charge in [-0.05, 0) is 24.3 Å². The van der Waals surface area contributed by atoms with Gasteiger partial charge in [-0.1, -0.05) is 0 Å². The number of rotatable bonds is 2. The van der Waals surface area contributed by atoms with Crippen molar-refractivity contribution < 1.29 is 14.6 Å². The zero-order valence-corrected chi connectivity index (χ0v) is 7.49. The summed E-state index contributed by atoms with van der Waals surface area (Å²) in [5.74, 6) is -0.261. The Morgan fingerprint density at radius 1 is 1.31 bits per heavy atom. The maximum Gasteiger partial charge on any atom is 0.335 e. The number of carboxylic acid groups (broad SMARTS) is 1. The molecule has 1 N–H and O–H groups in total. The quantitative estimate of drug-likeness (QED) is 0.709. The third-order valence-electron chi connectivity index (χ3n) is 1.34. The van der Waals surface area contributed by atoms with Crippen molar-refractivity contribution in [3.63, 3.8) is 0 Å². The number of benzene rings is 1. The van der Waals surface area contributed by atoms with Gasteiger partial charge in [-0.15, -0.1) is 13.2 Å². The molecule has 0 saturated heterocycles. The number of ether oxygens (including phenoxy) is 1. The molecule has 1 aromatic carbocycles. The van der Waals surface area contributed by atoms with Crippen LogP contribution in [0.15, 0.2) is 37.4 Å². The van der Waals surface area contributed by atoms with Gasteiger partial charge in [-0.3, -0.25) is 0 Å². The maximum atomic E-state index is 10.4. The molecule has 0 heterocycles. The molecule has 0 radical (unpaired) electrons. The summed E-state index contributed by atoms with van der Waals surface area (Å²) >= 11 is 0. The standard InChI is InChI=1S/C8H8O3.C2H4/c1-11-7-4-2-6(3-5-7)8(9)10;1-2/h2-5H,1H3,(H,9,10);1-2H2. The largest absolute Gasteiger partial charge is 0.497 e. The van der Waals surface area contributed by atoms with E-state index in [1.807, 2.05) is 0 Å². The van der Waals surface area contributed by atoms with Crippen LogP contribution in [0.25, 0.3) is 0 Å². The van der Waals surface area contributed by atoms with Crippen LogP contribution in [0.5, 0.6) is 5.75 Å². The van der Waals surface area contributed by atoms with Crippen molar-refractivity contribution in [3.05, 3.63) is 43.0 Å². The fourth-order valence-electron chi connectivity index (χ4n) is 0.734. The topological polar surface area (TPSA) is 46.5 Å². The highest BCUT2D eigenvalue weighted by atomic mass is 16.5. The van der Waals surface area contributed by atoms with E-state index in [1.165, 1.54) is 19.2 Å². The second kappa shape index (κ2) is 5.83. The average Bonchev–Trinajstić information content (AvgIpc) is 2.21. The second-order valence-corrected chi connectivity index (χ2v) is 2.03. The van der Waals surface area contributed by atoms with Crippen molar-refractivity contribution >= 4 is 5.97 Å². The zero-order valence-electron chi connectivity index (χ0n) is 7.49. The molecular formula is C10H12O3. The van der Waals surface area contributed by atoms with Crippen LogP contribution in [-0.2, 0) is 0 Å². The number of aromatic carboxylic acids is 1. The minimum atomic E-state index is -0.923. The molecule has 0 fully saturated rings. The highest BCUT2D eigenvalue weighted by Gasteiger charge is 2.00. The van der Waals surface area contributed by atoms with Gasteiger partial charge in [0.25, 0.3) is 0 Å². The number of hydrogen-bond acceptors (Lipinski definition) is 2. The number of hydrogen-bond donors (Lipinski definition) is 1. The van der Waals surface area contributed by atoms with Gasteiger partial charge in [0.2, 0.25) is 0 Å². The van der Waals surface area contributed by atoms with Gasteiger partial charge in [0.1, 0.15) is 5.75 Å². The fourth-order valence-corrected chi connectivity index (χ4v) is 0.734. The van der Waals surface area contributed by atoms with Crippen molar-refractivity contribution in [1.82, 2.24) is 0 Å². The van der Waals surface area contributed by atoms with Crippen molar-refractivity contribution in [1.29, 1.82) is 0 Å². The Morgan fingerprint density at radius 3 is 2.08 bits per heavy atom. The molecule has 0 saturated carbocycles. The molecule has 0 bridgehead atoms. The molecule has 0 aliphatic rings. The van der Waals surface area contributed by atoms with Crippen molar-refractivity contribution in [2.75, 3.05) is 7.11 Å². The Bertz CT molecular complexity index is 264. The Morgan fingerprint density at radius 2 is 1.77 bits per heavy atom. The van der Waals surface area contributed by atoms with Gasteiger partial charge in [-0.25, -0.2) is 4.79 Å². The molecule has 0 aliphatic heterocycles. The van der Waals surface area contributed by atoms with E-state index in [0.717, 1.165) is 0 Å². The maximum absolute atomic E-state index is 10.4. The summed E-state index contributed by atoms with van der Waals surface area (Å²) in [4.78, 5) is 10.4. The van der Waals surface area contributed by atoms with E-state index >= 15 is 0 Å². The summed E-state index contributed by atoms with van der Waals surface area (Å²) in [6.45, 7) is 6.00. The highest BCUT2D eigenvalue weighted by molar-refractivity contribution is 5.87. The van der Waals surface area contributed by atoms with Gasteiger partial charge in [-0.2, -0.15) is 0 Å². The molecule has 13 heavy (non-hydrogen) atoms. The molecule has 1 aromatic rings. The second-order valence-electron chi connectivity index (χ2n) is 2.03. The lowest BCUT2D eigenvalue weighted by Gasteiger charge is -1.98. The van der Waals surface area contributed by atoms with Gasteiger partial charge in [0.05, 0.1) is 12.7 Å².